The summed E-state index contributed by atoms with van der Waals surface area (Å²) in [4.78, 5) is 0. The van der Waals surface area contributed by atoms with Crippen LogP contribution in [0.1, 0.15) is 13.3 Å². The van der Waals surface area contributed by atoms with Crippen molar-refractivity contribution in [1.82, 2.24) is 0 Å². The molecule has 0 aliphatic carbocycles. The molecule has 0 unspecified atom stereocenters. The van der Waals surface area contributed by atoms with Crippen LogP contribution in [0.2, 0.25) is 0 Å². The van der Waals surface area contributed by atoms with Gasteiger partial charge in [0.25, 0.3) is 10.1 Å². The third-order valence-electron chi connectivity index (χ3n) is 1.31. The Bertz CT molecular complexity index is 263. The summed E-state index contributed by atoms with van der Waals surface area (Å²) < 4.78 is 25.4. The van der Waals surface area contributed by atoms with Crippen molar-refractivity contribution in [3.63, 3.8) is 0 Å². The molecule has 0 aromatic carbocycles. The van der Waals surface area contributed by atoms with E-state index in [4.69, 9.17) is 0 Å². The van der Waals surface area contributed by atoms with Crippen LogP contribution in [0.5, 0.6) is 0 Å². The Labute approximate surface area is 65.6 Å². The summed E-state index contributed by atoms with van der Waals surface area (Å²) >= 11 is 0. The van der Waals surface area contributed by atoms with Crippen LogP contribution in [0.4, 0.5) is 0 Å². The third-order valence-corrected chi connectivity index (χ3v) is 1.91. The molecule has 5 nitrogen and oxygen atoms in total. The molecule has 64 valence electrons. The Hall–Kier alpha value is -0.490. The van der Waals surface area contributed by atoms with Gasteiger partial charge in [-0.3, -0.25) is 4.18 Å². The lowest BCUT2D eigenvalue weighted by atomic mass is 10.2. The molecule has 0 radical (unpaired) electrons. The highest BCUT2D eigenvalue weighted by atomic mass is 32.2. The number of hydrogen-bond donors (Lipinski definition) is 0. The van der Waals surface area contributed by atoms with E-state index in [1.807, 2.05) is 6.92 Å². The second-order valence-corrected chi connectivity index (χ2v) is 4.34. The molecule has 1 heterocycles. The molecule has 11 heavy (non-hydrogen) atoms. The molecule has 1 rings (SSSR count). The molecule has 1 aliphatic heterocycles. The van der Waals surface area contributed by atoms with Crippen LogP contribution in [0.3, 0.4) is 0 Å². The van der Waals surface area contributed by atoms with Crippen LogP contribution in [0.15, 0.2) is 10.2 Å². The Kier molecular flexibility index (Phi) is 1.98. The summed E-state index contributed by atoms with van der Waals surface area (Å²) in [6.07, 6.45) is 1.55. The summed E-state index contributed by atoms with van der Waals surface area (Å²) in [5, 5.41) is 7.41. The molecule has 0 aromatic heterocycles. The fourth-order valence-corrected chi connectivity index (χ4v) is 0.958. The minimum atomic E-state index is -3.30. The van der Waals surface area contributed by atoms with Gasteiger partial charge in [0.15, 0.2) is 5.66 Å². The van der Waals surface area contributed by atoms with Crippen molar-refractivity contribution in [2.75, 3.05) is 12.9 Å². The lowest BCUT2D eigenvalue weighted by Gasteiger charge is -2.02. The van der Waals surface area contributed by atoms with Crippen molar-refractivity contribution in [2.45, 2.75) is 19.0 Å². The fourth-order valence-electron chi connectivity index (χ4n) is 0.572. The molecule has 0 bridgehead atoms. The SMILES string of the molecule is CC1(CCOS(C)(=O)=O)N=N1. The highest BCUT2D eigenvalue weighted by Crippen LogP contribution is 2.30. The average Bonchev–Trinajstić information content (AvgIpc) is 2.44. The predicted molar refractivity (Wildman–Crippen MR) is 38.7 cm³/mol. The summed E-state index contributed by atoms with van der Waals surface area (Å²) in [5.74, 6) is 0. The molecule has 0 spiro atoms. The number of rotatable bonds is 4. The highest BCUT2D eigenvalue weighted by molar-refractivity contribution is 7.85. The summed E-state index contributed by atoms with van der Waals surface area (Å²) in [6, 6.07) is 0. The Morgan fingerprint density at radius 1 is 1.45 bits per heavy atom. The van der Waals surface area contributed by atoms with Crippen LogP contribution in [-0.2, 0) is 14.3 Å². The quantitative estimate of drug-likeness (QED) is 0.590. The van der Waals surface area contributed by atoms with Gasteiger partial charge in [-0.05, 0) is 6.92 Å². The van der Waals surface area contributed by atoms with Gasteiger partial charge < -0.3 is 0 Å². The molecule has 6 heteroatoms. The maximum atomic E-state index is 10.5. The minimum absolute atomic E-state index is 0.155. The van der Waals surface area contributed by atoms with Crippen molar-refractivity contribution >= 4 is 10.1 Å². The molecule has 0 atom stereocenters. The van der Waals surface area contributed by atoms with Crippen molar-refractivity contribution < 1.29 is 12.6 Å². The molecular formula is C5H10N2O3S. The maximum Gasteiger partial charge on any atom is 0.264 e. The van der Waals surface area contributed by atoms with E-state index in [0.29, 0.717) is 6.42 Å². The number of hydrogen-bond acceptors (Lipinski definition) is 5. The first-order valence-electron chi connectivity index (χ1n) is 3.20. The number of nitrogens with zero attached hydrogens (tertiary/aromatic N) is 2. The molecule has 0 amide bonds. The maximum absolute atomic E-state index is 10.5. The molecule has 0 saturated heterocycles. The van der Waals surface area contributed by atoms with E-state index in [2.05, 4.69) is 14.4 Å². The Morgan fingerprint density at radius 3 is 2.36 bits per heavy atom. The van der Waals surface area contributed by atoms with Gasteiger partial charge in [0.2, 0.25) is 0 Å². The third kappa shape index (κ3) is 3.43. The molecule has 1 aliphatic rings. The first-order chi connectivity index (χ1) is 4.91. The van der Waals surface area contributed by atoms with Crippen molar-refractivity contribution in [3.05, 3.63) is 0 Å². The van der Waals surface area contributed by atoms with Crippen LogP contribution in [-0.4, -0.2) is 26.9 Å². The normalized spacial score (nSPS) is 20.2. The van der Waals surface area contributed by atoms with Gasteiger partial charge >= 0.3 is 0 Å². The van der Waals surface area contributed by atoms with E-state index in [0.717, 1.165) is 6.26 Å². The van der Waals surface area contributed by atoms with Gasteiger partial charge in [0.1, 0.15) is 0 Å². The van der Waals surface area contributed by atoms with Crippen LogP contribution in [0.25, 0.3) is 0 Å². The first-order valence-corrected chi connectivity index (χ1v) is 5.01. The fraction of sp³-hybridized carbons (Fsp3) is 1.00. The predicted octanol–water partition coefficient (Wildman–Crippen LogP) is 0.535. The van der Waals surface area contributed by atoms with E-state index in [9.17, 15) is 8.42 Å². The molecule has 0 aromatic rings. The van der Waals surface area contributed by atoms with Crippen molar-refractivity contribution in [3.8, 4) is 0 Å². The van der Waals surface area contributed by atoms with Gasteiger partial charge in [-0.15, -0.1) is 0 Å². The van der Waals surface area contributed by atoms with Crippen molar-refractivity contribution in [2.24, 2.45) is 10.2 Å². The summed E-state index contributed by atoms with van der Waals surface area (Å²) in [6.45, 7) is 1.97. The largest absolute Gasteiger partial charge is 0.270 e. The lowest BCUT2D eigenvalue weighted by molar-refractivity contribution is 0.298. The summed E-state index contributed by atoms with van der Waals surface area (Å²) in [7, 11) is -3.30. The van der Waals surface area contributed by atoms with E-state index < -0.39 is 10.1 Å². The summed E-state index contributed by atoms with van der Waals surface area (Å²) in [5.41, 5.74) is -0.370. The minimum Gasteiger partial charge on any atom is -0.270 e. The average molecular weight is 178 g/mol. The Morgan fingerprint density at radius 2 is 2.00 bits per heavy atom. The highest BCUT2D eigenvalue weighted by Gasteiger charge is 2.33. The van der Waals surface area contributed by atoms with Crippen LogP contribution < -0.4 is 0 Å². The topological polar surface area (TPSA) is 68.1 Å². The van der Waals surface area contributed by atoms with Gasteiger partial charge in [-0.1, -0.05) is 0 Å². The van der Waals surface area contributed by atoms with E-state index >= 15 is 0 Å². The lowest BCUT2D eigenvalue weighted by Crippen LogP contribution is -2.11. The molecule has 0 fully saturated rings. The molecule has 0 saturated carbocycles. The zero-order chi connectivity index (χ0) is 8.54. The van der Waals surface area contributed by atoms with E-state index in [1.54, 1.807) is 0 Å². The van der Waals surface area contributed by atoms with E-state index in [1.165, 1.54) is 0 Å². The Balaban J connectivity index is 2.15. The van der Waals surface area contributed by atoms with Gasteiger partial charge in [0, 0.05) is 6.42 Å². The van der Waals surface area contributed by atoms with E-state index in [-0.39, 0.29) is 12.3 Å². The zero-order valence-electron chi connectivity index (χ0n) is 6.44. The van der Waals surface area contributed by atoms with Crippen molar-refractivity contribution in [1.29, 1.82) is 0 Å². The molecular weight excluding hydrogens is 168 g/mol. The van der Waals surface area contributed by atoms with Gasteiger partial charge in [-0.2, -0.15) is 18.6 Å². The van der Waals surface area contributed by atoms with Crippen LogP contribution in [0, 0.1) is 0 Å². The second kappa shape index (κ2) is 2.53. The van der Waals surface area contributed by atoms with Crippen LogP contribution >= 0.6 is 0 Å². The first kappa shape index (κ1) is 8.61. The monoisotopic (exact) mass is 178 g/mol. The second-order valence-electron chi connectivity index (χ2n) is 2.69. The van der Waals surface area contributed by atoms with Gasteiger partial charge in [0.05, 0.1) is 12.9 Å². The standard InChI is InChI=1S/C5H10N2O3S/c1-5(6-7-5)3-4-10-11(2,8)9/h3-4H2,1-2H3. The molecule has 0 N–H and O–H groups in total. The van der Waals surface area contributed by atoms with Gasteiger partial charge in [-0.25, -0.2) is 0 Å². The zero-order valence-corrected chi connectivity index (χ0v) is 7.26. The smallest absolute Gasteiger partial charge is 0.264 e.